The summed E-state index contributed by atoms with van der Waals surface area (Å²) in [7, 11) is 0. The molecule has 0 fully saturated rings. The van der Waals surface area contributed by atoms with Gasteiger partial charge in [-0.05, 0) is 31.2 Å². The Bertz CT molecular complexity index is 940. The zero-order valence-electron chi connectivity index (χ0n) is 10.3. The smallest absolute Gasteiger partial charge is 0.157 e. The summed E-state index contributed by atoms with van der Waals surface area (Å²) < 4.78 is 5.93. The normalized spacial score (nSPS) is 11.7. The van der Waals surface area contributed by atoms with Crippen molar-refractivity contribution in [2.75, 3.05) is 0 Å². The van der Waals surface area contributed by atoms with E-state index in [4.69, 9.17) is 16.0 Å². The van der Waals surface area contributed by atoms with E-state index in [0.717, 1.165) is 38.5 Å². The van der Waals surface area contributed by atoms with Gasteiger partial charge in [-0.1, -0.05) is 29.8 Å². The molecule has 0 atom stereocenters. The van der Waals surface area contributed by atoms with Crippen LogP contribution in [0.25, 0.3) is 32.8 Å². The van der Waals surface area contributed by atoms with Gasteiger partial charge in [-0.3, -0.25) is 0 Å². The van der Waals surface area contributed by atoms with Crippen molar-refractivity contribution < 1.29 is 4.42 Å². The highest BCUT2D eigenvalue weighted by Gasteiger charge is 2.13. The third-order valence-corrected chi connectivity index (χ3v) is 3.68. The highest BCUT2D eigenvalue weighted by molar-refractivity contribution is 6.32. The molecule has 0 N–H and O–H groups in total. The summed E-state index contributed by atoms with van der Waals surface area (Å²) in [6.07, 6.45) is 0. The van der Waals surface area contributed by atoms with Gasteiger partial charge in [0.2, 0.25) is 0 Å². The van der Waals surface area contributed by atoms with Gasteiger partial charge in [0.15, 0.2) is 5.58 Å². The third-order valence-electron chi connectivity index (χ3n) is 3.44. The number of aromatic nitrogens is 1. The predicted octanol–water partition coefficient (Wildman–Crippen LogP) is 5.10. The van der Waals surface area contributed by atoms with E-state index < -0.39 is 0 Å². The van der Waals surface area contributed by atoms with Crippen LogP contribution in [0.15, 0.2) is 46.9 Å². The number of benzene rings is 2. The number of halogens is 1. The standard InChI is InChI=1S/C16H10ClNO/c1-9-16-15(11-4-2-3-5-14(11)19-16)12-8-10(17)6-7-13(12)18-9/h2-8H,1H3. The molecule has 0 saturated heterocycles. The Kier molecular flexibility index (Phi) is 2.12. The third kappa shape index (κ3) is 1.47. The molecule has 0 spiro atoms. The first kappa shape index (κ1) is 10.8. The van der Waals surface area contributed by atoms with Crippen LogP contribution in [0.1, 0.15) is 5.69 Å². The molecular weight excluding hydrogens is 258 g/mol. The summed E-state index contributed by atoms with van der Waals surface area (Å²) in [6, 6.07) is 13.8. The molecule has 0 radical (unpaired) electrons. The van der Waals surface area contributed by atoms with Crippen molar-refractivity contribution in [1.82, 2.24) is 4.98 Å². The molecule has 0 saturated carbocycles. The molecule has 2 aromatic carbocycles. The minimum absolute atomic E-state index is 0.713. The summed E-state index contributed by atoms with van der Waals surface area (Å²) in [5.74, 6) is 0. The van der Waals surface area contributed by atoms with Crippen LogP contribution in [0, 0.1) is 6.92 Å². The highest BCUT2D eigenvalue weighted by atomic mass is 35.5. The van der Waals surface area contributed by atoms with Gasteiger partial charge in [-0.25, -0.2) is 4.98 Å². The number of pyridine rings is 1. The Morgan fingerprint density at radius 1 is 1.05 bits per heavy atom. The minimum Gasteiger partial charge on any atom is -0.454 e. The highest BCUT2D eigenvalue weighted by Crippen LogP contribution is 2.35. The molecule has 4 aromatic rings. The number of nitrogens with zero attached hydrogens (tertiary/aromatic N) is 1. The number of rotatable bonds is 0. The van der Waals surface area contributed by atoms with Crippen molar-refractivity contribution in [2.24, 2.45) is 0 Å². The average molecular weight is 268 g/mol. The van der Waals surface area contributed by atoms with Crippen molar-refractivity contribution >= 4 is 44.4 Å². The van der Waals surface area contributed by atoms with E-state index in [9.17, 15) is 0 Å². The molecule has 0 aliphatic heterocycles. The Balaban J connectivity index is 2.38. The van der Waals surface area contributed by atoms with Crippen LogP contribution in [0.4, 0.5) is 0 Å². The van der Waals surface area contributed by atoms with Crippen LogP contribution in [0.2, 0.25) is 5.02 Å². The summed E-state index contributed by atoms with van der Waals surface area (Å²) in [4.78, 5) is 4.59. The van der Waals surface area contributed by atoms with Gasteiger partial charge in [-0.15, -0.1) is 0 Å². The number of para-hydroxylation sites is 1. The van der Waals surface area contributed by atoms with E-state index in [1.165, 1.54) is 0 Å². The lowest BCUT2D eigenvalue weighted by atomic mass is 10.1. The average Bonchev–Trinajstić information content (AvgIpc) is 2.80. The zero-order valence-corrected chi connectivity index (χ0v) is 11.0. The molecule has 0 amide bonds. The molecule has 3 heteroatoms. The second-order valence-electron chi connectivity index (χ2n) is 4.66. The molecule has 0 aliphatic carbocycles. The molecule has 2 heterocycles. The SMILES string of the molecule is Cc1nc2ccc(Cl)cc2c2c1oc1ccccc12. The number of fused-ring (bicyclic) bond motifs is 5. The maximum absolute atomic E-state index is 6.12. The Labute approximate surface area is 114 Å². The van der Waals surface area contributed by atoms with Crippen LogP contribution in [-0.4, -0.2) is 4.98 Å². The fraction of sp³-hybridized carbons (Fsp3) is 0.0625. The van der Waals surface area contributed by atoms with Crippen LogP contribution in [0.5, 0.6) is 0 Å². The molecule has 0 bridgehead atoms. The van der Waals surface area contributed by atoms with Crippen molar-refractivity contribution in [2.45, 2.75) is 6.92 Å². The van der Waals surface area contributed by atoms with Gasteiger partial charge >= 0.3 is 0 Å². The van der Waals surface area contributed by atoms with Crippen LogP contribution < -0.4 is 0 Å². The number of hydrogen-bond acceptors (Lipinski definition) is 2. The van der Waals surface area contributed by atoms with Crippen molar-refractivity contribution in [1.29, 1.82) is 0 Å². The summed E-state index contributed by atoms with van der Waals surface area (Å²) in [5.41, 5.74) is 3.58. The van der Waals surface area contributed by atoms with Crippen LogP contribution in [0.3, 0.4) is 0 Å². The van der Waals surface area contributed by atoms with Gasteiger partial charge < -0.3 is 4.42 Å². The molecule has 2 nitrogen and oxygen atoms in total. The Morgan fingerprint density at radius 2 is 1.89 bits per heavy atom. The number of aryl methyl sites for hydroxylation is 1. The van der Waals surface area contributed by atoms with E-state index in [1.807, 2.05) is 43.3 Å². The van der Waals surface area contributed by atoms with Crippen LogP contribution in [-0.2, 0) is 0 Å². The van der Waals surface area contributed by atoms with Crippen molar-refractivity contribution in [3.8, 4) is 0 Å². The maximum Gasteiger partial charge on any atom is 0.157 e. The van der Waals surface area contributed by atoms with E-state index >= 15 is 0 Å². The summed E-state index contributed by atoms with van der Waals surface area (Å²) in [6.45, 7) is 1.97. The summed E-state index contributed by atoms with van der Waals surface area (Å²) >= 11 is 6.12. The van der Waals surface area contributed by atoms with Gasteiger partial charge in [-0.2, -0.15) is 0 Å². The van der Waals surface area contributed by atoms with E-state index in [0.29, 0.717) is 5.02 Å². The van der Waals surface area contributed by atoms with Gasteiger partial charge in [0.05, 0.1) is 11.2 Å². The quantitative estimate of drug-likeness (QED) is 0.443. The molecule has 2 aromatic heterocycles. The van der Waals surface area contributed by atoms with E-state index in [-0.39, 0.29) is 0 Å². The first-order chi connectivity index (χ1) is 9.24. The minimum atomic E-state index is 0.713. The zero-order chi connectivity index (χ0) is 13.0. The lowest BCUT2D eigenvalue weighted by molar-refractivity contribution is 0.663. The molecule has 19 heavy (non-hydrogen) atoms. The predicted molar refractivity (Wildman–Crippen MR) is 78.8 cm³/mol. The first-order valence-corrected chi connectivity index (χ1v) is 6.49. The Hall–Kier alpha value is -2.06. The molecule has 0 unspecified atom stereocenters. The molecule has 92 valence electrons. The lowest BCUT2D eigenvalue weighted by Crippen LogP contribution is -1.85. The first-order valence-electron chi connectivity index (χ1n) is 6.11. The van der Waals surface area contributed by atoms with Gasteiger partial charge in [0.25, 0.3) is 0 Å². The van der Waals surface area contributed by atoms with Crippen LogP contribution >= 0.6 is 11.6 Å². The Morgan fingerprint density at radius 3 is 2.79 bits per heavy atom. The molecule has 4 rings (SSSR count). The fourth-order valence-electron chi connectivity index (χ4n) is 2.61. The lowest BCUT2D eigenvalue weighted by Gasteiger charge is -2.02. The van der Waals surface area contributed by atoms with Gasteiger partial charge in [0.1, 0.15) is 5.58 Å². The second kappa shape index (κ2) is 3.72. The summed E-state index contributed by atoms with van der Waals surface area (Å²) in [5, 5.41) is 3.96. The number of furan rings is 1. The molecule has 0 aliphatic rings. The fourth-order valence-corrected chi connectivity index (χ4v) is 2.78. The molecular formula is C16H10ClNO. The second-order valence-corrected chi connectivity index (χ2v) is 5.10. The largest absolute Gasteiger partial charge is 0.454 e. The van der Waals surface area contributed by atoms with E-state index in [1.54, 1.807) is 0 Å². The van der Waals surface area contributed by atoms with E-state index in [2.05, 4.69) is 11.1 Å². The van der Waals surface area contributed by atoms with Crippen molar-refractivity contribution in [3.05, 3.63) is 53.2 Å². The van der Waals surface area contributed by atoms with Crippen molar-refractivity contribution in [3.63, 3.8) is 0 Å². The topological polar surface area (TPSA) is 26.0 Å². The monoisotopic (exact) mass is 267 g/mol. The number of hydrogen-bond donors (Lipinski definition) is 0. The maximum atomic E-state index is 6.12. The van der Waals surface area contributed by atoms with Gasteiger partial charge in [0, 0.05) is 21.2 Å².